The highest BCUT2D eigenvalue weighted by molar-refractivity contribution is 6.11. The van der Waals surface area contributed by atoms with Crippen LogP contribution < -0.4 is 0 Å². The minimum absolute atomic E-state index is 0.00742. The lowest BCUT2D eigenvalue weighted by atomic mass is 9.87. The first-order valence-corrected chi connectivity index (χ1v) is 8.19. The highest BCUT2D eigenvalue weighted by Gasteiger charge is 2.55. The first-order valence-electron chi connectivity index (χ1n) is 8.19. The predicted octanol–water partition coefficient (Wildman–Crippen LogP) is 1.80. The highest BCUT2D eigenvalue weighted by Crippen LogP contribution is 2.47. The highest BCUT2D eigenvalue weighted by atomic mass is 16.6. The van der Waals surface area contributed by atoms with E-state index in [4.69, 9.17) is 9.47 Å². The van der Waals surface area contributed by atoms with Crippen molar-refractivity contribution in [3.63, 3.8) is 0 Å². The van der Waals surface area contributed by atoms with Gasteiger partial charge >= 0.3 is 11.9 Å². The van der Waals surface area contributed by atoms with Crippen molar-refractivity contribution in [3.05, 3.63) is 12.2 Å². The molecule has 0 saturated heterocycles. The van der Waals surface area contributed by atoms with Crippen LogP contribution in [0, 0.1) is 23.2 Å². The number of hydrogen-bond donors (Lipinski definition) is 0. The lowest BCUT2D eigenvalue weighted by Crippen LogP contribution is -2.36. The molecule has 0 aromatic carbocycles. The average molecular weight is 304 g/mol. The Morgan fingerprint density at radius 3 is 2.64 bits per heavy atom. The zero-order chi connectivity index (χ0) is 15.3. The van der Waals surface area contributed by atoms with Gasteiger partial charge < -0.3 is 9.47 Å². The number of allylic oxidation sites excluding steroid dienone is 1. The average Bonchev–Trinajstić information content (AvgIpc) is 3.27. The van der Waals surface area contributed by atoms with E-state index in [2.05, 4.69) is 0 Å². The maximum absolute atomic E-state index is 12.2. The molecule has 0 heterocycles. The number of ketones is 1. The Labute approximate surface area is 129 Å². The van der Waals surface area contributed by atoms with E-state index in [-0.39, 0.29) is 24.4 Å². The Morgan fingerprint density at radius 1 is 1.23 bits per heavy atom. The molecule has 0 spiro atoms. The van der Waals surface area contributed by atoms with E-state index in [0.29, 0.717) is 24.7 Å². The molecule has 0 aromatic rings. The molecule has 5 unspecified atom stereocenters. The number of hydrogen-bond acceptors (Lipinski definition) is 5. The molecule has 4 rings (SSSR count). The molecule has 3 fully saturated rings. The van der Waals surface area contributed by atoms with Crippen LogP contribution in [0.25, 0.3) is 0 Å². The van der Waals surface area contributed by atoms with Gasteiger partial charge in [0.2, 0.25) is 0 Å². The molecule has 0 amide bonds. The number of fused-ring (bicyclic) bond motifs is 4. The molecule has 0 radical (unpaired) electrons. The fourth-order valence-corrected chi connectivity index (χ4v) is 4.66. The first-order chi connectivity index (χ1) is 10.6. The molecular weight excluding hydrogens is 284 g/mol. The van der Waals surface area contributed by atoms with Gasteiger partial charge in [0, 0.05) is 5.92 Å². The molecule has 118 valence electrons. The van der Waals surface area contributed by atoms with Crippen LogP contribution in [0.4, 0.5) is 0 Å². The van der Waals surface area contributed by atoms with Gasteiger partial charge in [-0.05, 0) is 50.4 Å². The van der Waals surface area contributed by atoms with Gasteiger partial charge in [0.25, 0.3) is 0 Å². The van der Waals surface area contributed by atoms with Crippen LogP contribution in [0.15, 0.2) is 12.2 Å². The summed E-state index contributed by atoms with van der Waals surface area (Å²) in [5.74, 6) is -0.142. The number of carbonyl (C=O) groups is 3. The molecule has 4 aliphatic carbocycles. The minimum Gasteiger partial charge on any atom is -0.460 e. The van der Waals surface area contributed by atoms with Crippen LogP contribution in [0.2, 0.25) is 0 Å². The maximum atomic E-state index is 12.2. The monoisotopic (exact) mass is 304 g/mol. The number of carbonyl (C=O) groups excluding carboxylic acids is 3. The van der Waals surface area contributed by atoms with E-state index in [1.165, 1.54) is 6.42 Å². The maximum Gasteiger partial charge on any atom is 0.344 e. The second-order valence-corrected chi connectivity index (χ2v) is 7.12. The van der Waals surface area contributed by atoms with Crippen molar-refractivity contribution >= 4 is 17.7 Å². The molecular formula is C17H20O5. The van der Waals surface area contributed by atoms with Crippen LogP contribution in [0.5, 0.6) is 0 Å². The van der Waals surface area contributed by atoms with E-state index < -0.39 is 17.4 Å². The lowest BCUT2D eigenvalue weighted by Gasteiger charge is -2.23. The van der Waals surface area contributed by atoms with Crippen LogP contribution >= 0.6 is 0 Å². The van der Waals surface area contributed by atoms with Gasteiger partial charge in [-0.25, -0.2) is 4.79 Å². The van der Waals surface area contributed by atoms with Crippen molar-refractivity contribution in [1.29, 1.82) is 0 Å². The third-order valence-corrected chi connectivity index (χ3v) is 5.88. The van der Waals surface area contributed by atoms with Crippen molar-refractivity contribution in [2.24, 2.45) is 23.2 Å². The van der Waals surface area contributed by atoms with Crippen LogP contribution in [-0.4, -0.2) is 30.4 Å². The second kappa shape index (κ2) is 4.93. The van der Waals surface area contributed by atoms with E-state index >= 15 is 0 Å². The predicted molar refractivity (Wildman–Crippen MR) is 75.6 cm³/mol. The summed E-state index contributed by atoms with van der Waals surface area (Å²) in [6.45, 7) is -0.389. The standard InChI is InChI=1S/C17H20O5/c18-14(22-13-8-10-1-2-12(13)7-10)9-21-16(20)17-5-3-11(4-6-17)15(17)19/h3,5,10-13H,1-2,4,6-9H2. The zero-order valence-electron chi connectivity index (χ0n) is 12.5. The Morgan fingerprint density at radius 2 is 2.09 bits per heavy atom. The van der Waals surface area contributed by atoms with Gasteiger partial charge in [-0.2, -0.15) is 0 Å². The van der Waals surface area contributed by atoms with Crippen molar-refractivity contribution in [2.75, 3.05) is 6.61 Å². The van der Waals surface area contributed by atoms with E-state index in [9.17, 15) is 14.4 Å². The molecule has 0 aliphatic heterocycles. The summed E-state index contributed by atoms with van der Waals surface area (Å²) in [5, 5.41) is 0. The summed E-state index contributed by atoms with van der Waals surface area (Å²) in [6.07, 6.45) is 9.07. The molecule has 22 heavy (non-hydrogen) atoms. The Kier molecular flexibility index (Phi) is 3.13. The van der Waals surface area contributed by atoms with E-state index in [1.807, 2.05) is 0 Å². The van der Waals surface area contributed by atoms with Gasteiger partial charge in [-0.1, -0.05) is 12.2 Å². The smallest absolute Gasteiger partial charge is 0.344 e. The van der Waals surface area contributed by atoms with E-state index in [1.54, 1.807) is 12.2 Å². The lowest BCUT2D eigenvalue weighted by molar-refractivity contribution is -0.168. The van der Waals surface area contributed by atoms with Crippen molar-refractivity contribution in [1.82, 2.24) is 0 Å². The first kappa shape index (κ1) is 14.0. The van der Waals surface area contributed by atoms with E-state index in [0.717, 1.165) is 19.3 Å². The Bertz CT molecular complexity index is 565. The molecule has 4 aliphatic rings. The van der Waals surface area contributed by atoms with Crippen molar-refractivity contribution < 1.29 is 23.9 Å². The van der Waals surface area contributed by atoms with Crippen molar-refractivity contribution in [2.45, 2.75) is 44.6 Å². The van der Waals surface area contributed by atoms with Gasteiger partial charge in [-0.15, -0.1) is 0 Å². The largest absolute Gasteiger partial charge is 0.460 e. The van der Waals surface area contributed by atoms with Crippen molar-refractivity contribution in [3.8, 4) is 0 Å². The Balaban J connectivity index is 1.29. The summed E-state index contributed by atoms with van der Waals surface area (Å²) in [5.41, 5.74) is -1.13. The fraction of sp³-hybridized carbons (Fsp3) is 0.706. The fourth-order valence-electron chi connectivity index (χ4n) is 4.66. The van der Waals surface area contributed by atoms with Gasteiger partial charge in [-0.3, -0.25) is 9.59 Å². The SMILES string of the molecule is O=C(COC(=O)C12C=CC(CC1)C2=O)OC1CC2CCC1C2. The van der Waals surface area contributed by atoms with Gasteiger partial charge in [0.05, 0.1) is 0 Å². The molecule has 4 bridgehead atoms. The molecule has 3 saturated carbocycles. The summed E-state index contributed by atoms with van der Waals surface area (Å²) in [4.78, 5) is 36.1. The van der Waals surface area contributed by atoms with Crippen LogP contribution in [0.1, 0.15) is 38.5 Å². The third-order valence-electron chi connectivity index (χ3n) is 5.88. The third kappa shape index (κ3) is 2.02. The van der Waals surface area contributed by atoms with Crippen LogP contribution in [0.3, 0.4) is 0 Å². The number of esters is 2. The summed E-state index contributed by atoms with van der Waals surface area (Å²) in [6, 6.07) is 0. The minimum atomic E-state index is -1.13. The van der Waals surface area contributed by atoms with Crippen LogP contribution in [-0.2, 0) is 23.9 Å². The molecule has 5 heteroatoms. The topological polar surface area (TPSA) is 69.7 Å². The molecule has 0 aromatic heterocycles. The normalized spacial score (nSPS) is 41.2. The number of ether oxygens (including phenoxy) is 2. The van der Waals surface area contributed by atoms with Gasteiger partial charge in [0.1, 0.15) is 11.5 Å². The molecule has 5 nitrogen and oxygen atoms in total. The quantitative estimate of drug-likeness (QED) is 0.450. The van der Waals surface area contributed by atoms with Gasteiger partial charge in [0.15, 0.2) is 12.4 Å². The number of rotatable bonds is 4. The molecule has 0 N–H and O–H groups in total. The molecule has 5 atom stereocenters. The summed E-state index contributed by atoms with van der Waals surface area (Å²) < 4.78 is 10.5. The number of Topliss-reactive ketones (excluding diaryl/α,β-unsaturated/α-hetero) is 1. The summed E-state index contributed by atoms with van der Waals surface area (Å²) >= 11 is 0. The summed E-state index contributed by atoms with van der Waals surface area (Å²) in [7, 11) is 0. The zero-order valence-corrected chi connectivity index (χ0v) is 12.5. The Hall–Kier alpha value is -1.65. The second-order valence-electron chi connectivity index (χ2n) is 7.12.